The Kier molecular flexibility index (Phi) is 11.5. The van der Waals surface area contributed by atoms with Gasteiger partial charge in [0.1, 0.15) is 0 Å². The molecule has 41 heavy (non-hydrogen) atoms. The molecule has 2 aromatic carbocycles. The largest absolute Gasteiger partial charge is 0.501 e. The van der Waals surface area contributed by atoms with Gasteiger partial charge in [0.05, 0.1) is 37.0 Å². The van der Waals surface area contributed by atoms with Crippen LogP contribution in [0.1, 0.15) is 69.9 Å². The second-order valence-electron chi connectivity index (χ2n) is 10.8. The summed E-state index contributed by atoms with van der Waals surface area (Å²) >= 11 is 0. The number of fused-ring (bicyclic) bond motifs is 3. The smallest absolute Gasteiger partial charge is 0.328 e. The third kappa shape index (κ3) is 8.25. The molecule has 0 spiro atoms. The fraction of sp³-hybridized carbons (Fsp3) is 0.571. The number of halogens is 6. The van der Waals surface area contributed by atoms with Crippen LogP contribution in [0.3, 0.4) is 0 Å². The average molecular weight is 631 g/mol. The van der Waals surface area contributed by atoms with Gasteiger partial charge in [0.15, 0.2) is 0 Å². The predicted octanol–water partition coefficient (Wildman–Crippen LogP) is 7.68. The van der Waals surface area contributed by atoms with E-state index in [4.69, 9.17) is 0 Å². The Morgan fingerprint density at radius 1 is 0.683 bits per heavy atom. The summed E-state index contributed by atoms with van der Waals surface area (Å²) in [6.07, 6.45) is 9.29. The van der Waals surface area contributed by atoms with Crippen molar-refractivity contribution in [3.05, 3.63) is 47.5 Å². The monoisotopic (exact) mass is 630 g/mol. The minimum atomic E-state index is -6.37. The van der Waals surface area contributed by atoms with Gasteiger partial charge in [-0.2, -0.15) is 26.3 Å². The number of rotatable bonds is 11. The summed E-state index contributed by atoms with van der Waals surface area (Å²) in [5, 5.41) is 0. The Bertz CT molecular complexity index is 1400. The van der Waals surface area contributed by atoms with Gasteiger partial charge < -0.3 is 4.48 Å². The zero-order valence-electron chi connectivity index (χ0n) is 23.7. The van der Waals surface area contributed by atoms with Crippen LogP contribution in [-0.2, 0) is 26.1 Å². The van der Waals surface area contributed by atoms with E-state index in [0.717, 1.165) is 6.07 Å². The molecule has 13 heteroatoms. The number of quaternary nitrogens is 1. The molecule has 0 atom stereocenters. The first-order valence-corrected chi connectivity index (χ1v) is 16.5. The maximum atomic E-state index is 13.1. The predicted molar refractivity (Wildman–Crippen MR) is 147 cm³/mol. The van der Waals surface area contributed by atoms with E-state index >= 15 is 0 Å². The highest BCUT2D eigenvalue weighted by atomic mass is 32.2. The van der Waals surface area contributed by atoms with Crippen LogP contribution in [0.4, 0.5) is 26.3 Å². The van der Waals surface area contributed by atoms with Crippen LogP contribution >= 0.6 is 0 Å². The molecule has 1 aliphatic rings. The Labute approximate surface area is 239 Å². The van der Waals surface area contributed by atoms with Crippen molar-refractivity contribution in [2.45, 2.75) is 86.0 Å². The number of benzene rings is 2. The molecule has 0 radical (unpaired) electrons. The molecule has 0 heterocycles. The van der Waals surface area contributed by atoms with Crippen LogP contribution in [0.25, 0.3) is 11.1 Å². The molecule has 0 N–H and O–H groups in total. The Morgan fingerprint density at radius 2 is 1.20 bits per heavy atom. The highest BCUT2D eigenvalue weighted by molar-refractivity contribution is 7.95. The Hall–Kier alpha value is -2.12. The average Bonchev–Trinajstić information content (AvgIpc) is 3.24. The van der Waals surface area contributed by atoms with Crippen LogP contribution in [-0.4, -0.2) is 59.5 Å². The van der Waals surface area contributed by atoms with Gasteiger partial charge in [0, 0.05) is 6.42 Å². The first-order valence-electron chi connectivity index (χ1n) is 13.5. The van der Waals surface area contributed by atoms with E-state index in [2.05, 4.69) is 27.9 Å². The second-order valence-corrected chi connectivity index (χ2v) is 14.6. The maximum Gasteiger partial charge on any atom is 0.501 e. The summed E-state index contributed by atoms with van der Waals surface area (Å²) in [5.41, 5.74) is -11.9. The number of nitrogens with zero attached hydrogens (tertiary/aromatic N) is 1. The summed E-state index contributed by atoms with van der Waals surface area (Å²) in [5.74, 6) is 0. The van der Waals surface area contributed by atoms with Crippen molar-refractivity contribution in [3.8, 4) is 11.1 Å². The zero-order valence-corrected chi connectivity index (χ0v) is 25.3. The highest BCUT2D eigenvalue weighted by Gasteiger charge is 2.55. The van der Waals surface area contributed by atoms with E-state index in [1.165, 1.54) is 86.8 Å². The van der Waals surface area contributed by atoms with Crippen LogP contribution in [0.5, 0.6) is 0 Å². The van der Waals surface area contributed by atoms with Crippen molar-refractivity contribution >= 4 is 19.7 Å². The number of unbranched alkanes of at least 4 members (excludes halogenated alkanes) is 5. The molecule has 1 aliphatic carbocycles. The van der Waals surface area contributed by atoms with Crippen molar-refractivity contribution in [3.63, 3.8) is 0 Å². The van der Waals surface area contributed by atoms with E-state index in [-0.39, 0.29) is 11.6 Å². The molecular formula is C28H38F6NO4S2+. The van der Waals surface area contributed by atoms with Crippen LogP contribution in [0, 0.1) is 0 Å². The summed E-state index contributed by atoms with van der Waals surface area (Å²) in [7, 11) is -7.96. The topological polar surface area (TPSA) is 68.3 Å². The number of hydrogen-bond donors (Lipinski definition) is 0. The molecule has 0 unspecified atom stereocenters. The van der Waals surface area contributed by atoms with Gasteiger partial charge in [-0.05, 0) is 54.0 Å². The van der Waals surface area contributed by atoms with E-state index in [9.17, 15) is 43.2 Å². The van der Waals surface area contributed by atoms with Crippen molar-refractivity contribution in [1.82, 2.24) is 0 Å². The summed E-state index contributed by atoms with van der Waals surface area (Å²) in [4.78, 5) is -3.81. The van der Waals surface area contributed by atoms with Gasteiger partial charge in [-0.1, -0.05) is 63.4 Å². The lowest BCUT2D eigenvalue weighted by Gasteiger charge is -2.29. The van der Waals surface area contributed by atoms with Gasteiger partial charge in [0.25, 0.3) is 19.7 Å². The lowest BCUT2D eigenvalue weighted by molar-refractivity contribution is -0.890. The summed E-state index contributed by atoms with van der Waals surface area (Å²) < 4.78 is 127. The van der Waals surface area contributed by atoms with Crippen molar-refractivity contribution in [2.24, 2.45) is 0 Å². The molecule has 0 fully saturated rings. The molecule has 5 nitrogen and oxygen atoms in total. The highest BCUT2D eigenvalue weighted by Crippen LogP contribution is 2.47. The molecule has 0 aliphatic heterocycles. The standard InChI is InChI=1S/C15H8F6O4S2.C13H30N/c16-14(17,18)26(22,23)12-6-5-10-9-4-2-1-3-8(9)7-11(10)13(12)27(24,25)15(19,20)21;1-5-7-9-11-13-14(3,4)12-10-8-6-2/h1-6H,7H2;5-13H2,1-4H3/q;+1. The molecule has 0 saturated heterocycles. The van der Waals surface area contributed by atoms with Gasteiger partial charge in [-0.25, -0.2) is 16.8 Å². The van der Waals surface area contributed by atoms with Crippen LogP contribution in [0.2, 0.25) is 0 Å². The minimum Gasteiger partial charge on any atom is -0.328 e. The van der Waals surface area contributed by atoms with E-state index in [1.54, 1.807) is 0 Å². The van der Waals surface area contributed by atoms with E-state index in [1.807, 2.05) is 0 Å². The Balaban J connectivity index is 0.000000357. The maximum absolute atomic E-state index is 13.1. The number of hydrogen-bond acceptors (Lipinski definition) is 4. The molecule has 232 valence electrons. The molecule has 0 saturated carbocycles. The molecule has 0 bridgehead atoms. The second kappa shape index (κ2) is 13.5. The van der Waals surface area contributed by atoms with Gasteiger partial charge >= 0.3 is 11.0 Å². The first kappa shape index (κ1) is 35.1. The van der Waals surface area contributed by atoms with Crippen LogP contribution in [0.15, 0.2) is 46.2 Å². The van der Waals surface area contributed by atoms with Crippen LogP contribution < -0.4 is 0 Å². The zero-order chi connectivity index (χ0) is 31.3. The fourth-order valence-corrected chi connectivity index (χ4v) is 7.37. The van der Waals surface area contributed by atoms with Gasteiger partial charge in [-0.3, -0.25) is 0 Å². The van der Waals surface area contributed by atoms with Gasteiger partial charge in [-0.15, -0.1) is 0 Å². The summed E-state index contributed by atoms with van der Waals surface area (Å²) in [6.45, 7) is 7.28. The normalized spacial score (nSPS) is 13.8. The summed E-state index contributed by atoms with van der Waals surface area (Å²) in [6, 6.07) is 7.06. The van der Waals surface area contributed by atoms with Crippen molar-refractivity contribution < 1.29 is 47.7 Å². The van der Waals surface area contributed by atoms with Crippen molar-refractivity contribution in [2.75, 3.05) is 27.2 Å². The Morgan fingerprint density at radius 3 is 1.73 bits per heavy atom. The van der Waals surface area contributed by atoms with Gasteiger partial charge in [0.2, 0.25) is 0 Å². The molecule has 3 rings (SSSR count). The third-order valence-electron chi connectivity index (χ3n) is 7.05. The number of sulfone groups is 2. The fourth-order valence-electron chi connectivity index (χ4n) is 4.78. The van der Waals surface area contributed by atoms with E-state index < -0.39 is 52.5 Å². The molecule has 0 amide bonds. The third-order valence-corrected chi connectivity index (χ3v) is 10.3. The molecular weight excluding hydrogens is 592 g/mol. The lowest BCUT2D eigenvalue weighted by atomic mass is 10.1. The SMILES string of the molecule is CCCCCC[N+](C)(C)CCCCC.O=S(=O)(c1ccc2c(c1S(=O)(=O)C(F)(F)F)Cc1ccccc1-2)C(F)(F)F. The molecule has 0 aromatic heterocycles. The van der Waals surface area contributed by atoms with E-state index in [0.29, 0.717) is 11.1 Å². The molecule has 2 aromatic rings. The minimum absolute atomic E-state index is 0.0606. The number of alkyl halides is 6. The first-order chi connectivity index (χ1) is 18.8. The quantitative estimate of drug-likeness (QED) is 0.124. The lowest BCUT2D eigenvalue weighted by Crippen LogP contribution is -2.41. The van der Waals surface area contributed by atoms with Crippen molar-refractivity contribution in [1.29, 1.82) is 0 Å².